The van der Waals surface area contributed by atoms with E-state index in [4.69, 9.17) is 4.74 Å². The van der Waals surface area contributed by atoms with Gasteiger partial charge in [-0.3, -0.25) is 9.78 Å². The molecule has 0 N–H and O–H groups in total. The molecule has 0 spiro atoms. The third kappa shape index (κ3) is 2.30. The zero-order valence-electron chi connectivity index (χ0n) is 11.4. The van der Waals surface area contributed by atoms with Crippen molar-refractivity contribution in [2.24, 2.45) is 0 Å². The van der Waals surface area contributed by atoms with E-state index < -0.39 is 0 Å². The number of rotatable bonds is 3. The lowest BCUT2D eigenvalue weighted by atomic mass is 10.0. The van der Waals surface area contributed by atoms with Crippen LogP contribution in [0.25, 0.3) is 11.1 Å². The molecule has 1 aliphatic heterocycles. The minimum Gasteiger partial charge on any atom is -0.375 e. The van der Waals surface area contributed by atoms with Gasteiger partial charge in [0.1, 0.15) is 6.61 Å². The van der Waals surface area contributed by atoms with Gasteiger partial charge in [0.05, 0.1) is 0 Å². The first-order chi connectivity index (χ1) is 9.79. The van der Waals surface area contributed by atoms with E-state index in [9.17, 15) is 4.79 Å². The lowest BCUT2D eigenvalue weighted by molar-refractivity contribution is -0.122. The molecule has 1 amide bonds. The number of anilines is 1. The summed E-state index contributed by atoms with van der Waals surface area (Å²) < 4.78 is 4.93. The number of nitrogens with zero attached hydrogens (tertiary/aromatic N) is 2. The molecule has 4 heteroatoms. The maximum absolute atomic E-state index is 12.0. The molecular formula is C16H16N2O2. The Bertz CT molecular complexity index is 626. The first kappa shape index (κ1) is 12.8. The summed E-state index contributed by atoms with van der Waals surface area (Å²) in [7, 11) is 1.54. The van der Waals surface area contributed by atoms with Crippen molar-refractivity contribution in [1.29, 1.82) is 0 Å². The van der Waals surface area contributed by atoms with E-state index in [2.05, 4.69) is 11.1 Å². The zero-order chi connectivity index (χ0) is 13.9. The van der Waals surface area contributed by atoms with Crippen molar-refractivity contribution in [3.8, 4) is 11.1 Å². The van der Waals surface area contributed by atoms with Crippen molar-refractivity contribution in [1.82, 2.24) is 4.98 Å². The van der Waals surface area contributed by atoms with Gasteiger partial charge in [0.25, 0.3) is 5.91 Å². The summed E-state index contributed by atoms with van der Waals surface area (Å²) in [5, 5.41) is 0. The van der Waals surface area contributed by atoms with Gasteiger partial charge in [-0.1, -0.05) is 6.07 Å². The molecule has 2 aromatic rings. The number of ether oxygens (including phenoxy) is 1. The molecule has 0 unspecified atom stereocenters. The fraction of sp³-hybridized carbons (Fsp3) is 0.250. The zero-order valence-corrected chi connectivity index (χ0v) is 11.4. The third-order valence-corrected chi connectivity index (χ3v) is 3.56. The molecule has 0 saturated heterocycles. The lowest BCUT2D eigenvalue weighted by Gasteiger charge is -2.17. The highest BCUT2D eigenvalue weighted by molar-refractivity contribution is 5.96. The van der Waals surface area contributed by atoms with Gasteiger partial charge < -0.3 is 9.64 Å². The molecule has 0 saturated carbocycles. The van der Waals surface area contributed by atoms with E-state index in [0.29, 0.717) is 0 Å². The molecule has 1 aromatic carbocycles. The van der Waals surface area contributed by atoms with E-state index in [0.717, 1.165) is 29.8 Å². The Morgan fingerprint density at radius 3 is 2.80 bits per heavy atom. The quantitative estimate of drug-likeness (QED) is 0.857. The summed E-state index contributed by atoms with van der Waals surface area (Å²) >= 11 is 0. The van der Waals surface area contributed by atoms with Crippen LogP contribution in [-0.4, -0.2) is 31.2 Å². The molecule has 0 bridgehead atoms. The summed E-state index contributed by atoms with van der Waals surface area (Å²) in [4.78, 5) is 17.8. The van der Waals surface area contributed by atoms with E-state index in [-0.39, 0.29) is 12.5 Å². The van der Waals surface area contributed by atoms with Gasteiger partial charge in [0, 0.05) is 31.7 Å². The average molecular weight is 268 g/mol. The fourth-order valence-corrected chi connectivity index (χ4v) is 2.59. The predicted molar refractivity (Wildman–Crippen MR) is 77.6 cm³/mol. The Labute approximate surface area is 118 Å². The summed E-state index contributed by atoms with van der Waals surface area (Å²) in [5.74, 6) is 0.0166. The second-order valence-electron chi connectivity index (χ2n) is 4.81. The number of carbonyl (C=O) groups excluding carboxylic acids is 1. The summed E-state index contributed by atoms with van der Waals surface area (Å²) in [6, 6.07) is 10.2. The van der Waals surface area contributed by atoms with E-state index in [1.54, 1.807) is 24.4 Å². The molecule has 20 heavy (non-hydrogen) atoms. The Hall–Kier alpha value is -2.20. The normalized spacial score (nSPS) is 13.3. The lowest BCUT2D eigenvalue weighted by Crippen LogP contribution is -2.31. The summed E-state index contributed by atoms with van der Waals surface area (Å²) in [5.41, 5.74) is 4.52. The smallest absolute Gasteiger partial charge is 0.252 e. The van der Waals surface area contributed by atoms with Crippen LogP contribution in [0.2, 0.25) is 0 Å². The second kappa shape index (κ2) is 5.43. The summed E-state index contributed by atoms with van der Waals surface area (Å²) in [6.07, 6.45) is 4.47. The Morgan fingerprint density at radius 1 is 1.25 bits per heavy atom. The molecule has 4 nitrogen and oxygen atoms in total. The molecule has 0 atom stereocenters. The Morgan fingerprint density at radius 2 is 2.05 bits per heavy atom. The molecule has 0 radical (unpaired) electrons. The van der Waals surface area contributed by atoms with Gasteiger partial charge >= 0.3 is 0 Å². The van der Waals surface area contributed by atoms with Gasteiger partial charge in [-0.05, 0) is 47.4 Å². The van der Waals surface area contributed by atoms with Gasteiger partial charge in [-0.15, -0.1) is 0 Å². The third-order valence-electron chi connectivity index (χ3n) is 3.56. The maximum Gasteiger partial charge on any atom is 0.252 e. The number of fused-ring (bicyclic) bond motifs is 1. The van der Waals surface area contributed by atoms with Crippen molar-refractivity contribution >= 4 is 11.6 Å². The SMILES string of the molecule is COCC(=O)N1CCc2cc(-c3ccncc3)ccc21. The minimum absolute atomic E-state index is 0.0166. The molecule has 1 aromatic heterocycles. The van der Waals surface area contributed by atoms with Crippen LogP contribution >= 0.6 is 0 Å². The van der Waals surface area contributed by atoms with Crippen molar-refractivity contribution in [3.05, 3.63) is 48.3 Å². The standard InChI is InChI=1S/C16H16N2O2/c1-20-11-16(19)18-9-6-14-10-13(2-3-15(14)18)12-4-7-17-8-5-12/h2-5,7-8,10H,6,9,11H2,1H3. The van der Waals surface area contributed by atoms with Gasteiger partial charge in [0.2, 0.25) is 0 Å². The number of carbonyl (C=O) groups is 1. The van der Waals surface area contributed by atoms with Crippen LogP contribution in [0.1, 0.15) is 5.56 Å². The van der Waals surface area contributed by atoms with Crippen LogP contribution in [0, 0.1) is 0 Å². The first-order valence-electron chi connectivity index (χ1n) is 6.62. The highest BCUT2D eigenvalue weighted by Gasteiger charge is 2.24. The van der Waals surface area contributed by atoms with Crippen LogP contribution < -0.4 is 4.90 Å². The number of hydrogen-bond donors (Lipinski definition) is 0. The van der Waals surface area contributed by atoms with Crippen LogP contribution in [0.3, 0.4) is 0 Å². The first-order valence-corrected chi connectivity index (χ1v) is 6.62. The number of aromatic nitrogens is 1. The maximum atomic E-state index is 12.0. The van der Waals surface area contributed by atoms with Crippen LogP contribution in [-0.2, 0) is 16.0 Å². The molecule has 2 heterocycles. The average Bonchev–Trinajstić information content (AvgIpc) is 2.91. The Kier molecular flexibility index (Phi) is 3.48. The number of benzene rings is 1. The van der Waals surface area contributed by atoms with Crippen LogP contribution in [0.5, 0.6) is 0 Å². The molecule has 3 rings (SSSR count). The highest BCUT2D eigenvalue weighted by Crippen LogP contribution is 2.32. The van der Waals surface area contributed by atoms with Crippen molar-refractivity contribution in [2.75, 3.05) is 25.2 Å². The molecule has 0 aliphatic carbocycles. The van der Waals surface area contributed by atoms with Gasteiger partial charge in [0.15, 0.2) is 0 Å². The number of pyridine rings is 1. The van der Waals surface area contributed by atoms with Crippen LogP contribution in [0.15, 0.2) is 42.7 Å². The van der Waals surface area contributed by atoms with Crippen molar-refractivity contribution < 1.29 is 9.53 Å². The predicted octanol–water partition coefficient (Wildman–Crippen LogP) is 2.28. The summed E-state index contributed by atoms with van der Waals surface area (Å²) in [6.45, 7) is 0.864. The monoisotopic (exact) mass is 268 g/mol. The Balaban J connectivity index is 1.91. The van der Waals surface area contributed by atoms with Gasteiger partial charge in [-0.2, -0.15) is 0 Å². The largest absolute Gasteiger partial charge is 0.375 e. The van der Waals surface area contributed by atoms with Crippen molar-refractivity contribution in [3.63, 3.8) is 0 Å². The molecular weight excluding hydrogens is 252 g/mol. The molecule has 1 aliphatic rings. The van der Waals surface area contributed by atoms with Gasteiger partial charge in [-0.25, -0.2) is 0 Å². The minimum atomic E-state index is 0.0166. The molecule has 0 fully saturated rings. The second-order valence-corrected chi connectivity index (χ2v) is 4.81. The molecule has 102 valence electrons. The van der Waals surface area contributed by atoms with E-state index in [1.165, 1.54) is 5.56 Å². The number of hydrogen-bond acceptors (Lipinski definition) is 3. The number of amides is 1. The fourth-order valence-electron chi connectivity index (χ4n) is 2.59. The number of methoxy groups -OCH3 is 1. The van der Waals surface area contributed by atoms with Crippen LogP contribution in [0.4, 0.5) is 5.69 Å². The highest BCUT2D eigenvalue weighted by atomic mass is 16.5. The van der Waals surface area contributed by atoms with E-state index in [1.807, 2.05) is 24.3 Å². The topological polar surface area (TPSA) is 42.4 Å². The van der Waals surface area contributed by atoms with Crippen molar-refractivity contribution in [2.45, 2.75) is 6.42 Å². The van der Waals surface area contributed by atoms with E-state index >= 15 is 0 Å².